The highest BCUT2D eigenvalue weighted by molar-refractivity contribution is 9.10. The molecule has 0 saturated heterocycles. The smallest absolute Gasteiger partial charge is 0.335 e. The maximum Gasteiger partial charge on any atom is 0.335 e. The molecule has 1 atom stereocenters. The molecule has 0 radical (unpaired) electrons. The van der Waals surface area contributed by atoms with E-state index in [0.717, 1.165) is 0 Å². The van der Waals surface area contributed by atoms with Gasteiger partial charge in [-0.3, -0.25) is 0 Å². The van der Waals surface area contributed by atoms with Crippen LogP contribution in [0.4, 0.5) is 4.39 Å². The number of carboxylic acid groups (broad SMARTS) is 1. The van der Waals surface area contributed by atoms with E-state index in [1.54, 1.807) is 0 Å². The zero-order valence-electron chi connectivity index (χ0n) is 11.9. The third-order valence-electron chi connectivity index (χ3n) is 3.37. The molecule has 7 nitrogen and oxygen atoms in total. The second-order valence-electron chi connectivity index (χ2n) is 4.82. The van der Waals surface area contributed by atoms with Gasteiger partial charge in [0.25, 0.3) is 0 Å². The van der Waals surface area contributed by atoms with Crippen LogP contribution in [0.15, 0.2) is 51.6 Å². The first-order valence-corrected chi connectivity index (χ1v) is 8.59. The average Bonchev–Trinajstić information content (AvgIpc) is 3.08. The largest absolute Gasteiger partial charge is 0.478 e. The molecule has 0 spiro atoms. The molecule has 1 aliphatic rings. The van der Waals surface area contributed by atoms with Crippen molar-refractivity contribution in [1.29, 1.82) is 0 Å². The summed E-state index contributed by atoms with van der Waals surface area (Å²) in [5, 5.41) is 16.8. The van der Waals surface area contributed by atoms with E-state index in [9.17, 15) is 14.3 Å². The average molecular weight is 459 g/mol. The molecule has 2 N–H and O–H groups in total. The first-order valence-electron chi connectivity index (χ1n) is 6.68. The topological polar surface area (TPSA) is 92.4 Å². The number of aliphatic carboxylic acids is 1. The molecule has 124 valence electrons. The number of rotatable bonds is 3. The van der Waals surface area contributed by atoms with Gasteiger partial charge in [0.1, 0.15) is 24.5 Å². The second kappa shape index (κ2) is 6.81. The maximum absolute atomic E-state index is 13.4. The lowest BCUT2D eigenvalue weighted by Crippen LogP contribution is -2.37. The van der Waals surface area contributed by atoms with Crippen LogP contribution in [-0.4, -0.2) is 37.1 Å². The molecule has 10 heteroatoms. The Kier molecular flexibility index (Phi) is 4.76. The highest BCUT2D eigenvalue weighted by Gasteiger charge is 2.32. The number of halogens is 3. The van der Waals surface area contributed by atoms with Crippen LogP contribution in [-0.2, 0) is 4.79 Å². The van der Waals surface area contributed by atoms with Crippen LogP contribution in [0.2, 0.25) is 0 Å². The molecule has 2 heterocycles. The van der Waals surface area contributed by atoms with Gasteiger partial charge in [-0.25, -0.2) is 19.2 Å². The molecule has 0 fully saturated rings. The summed E-state index contributed by atoms with van der Waals surface area (Å²) in [5.74, 6) is -1.21. The number of allylic oxidation sites excluding steroid dienone is 1. The zero-order chi connectivity index (χ0) is 17.3. The summed E-state index contributed by atoms with van der Waals surface area (Å²) in [6, 6.07) is 3.22. The molecule has 0 amide bonds. The van der Waals surface area contributed by atoms with E-state index in [1.165, 1.54) is 35.5 Å². The molecule has 24 heavy (non-hydrogen) atoms. The highest BCUT2D eigenvalue weighted by Crippen LogP contribution is 2.35. The SMILES string of the molecule is O=C(O)C1=C(CBr)NC(n2cncn2)=NC1c1ccc(F)cc1Br. The van der Waals surface area contributed by atoms with E-state index < -0.39 is 17.8 Å². The van der Waals surface area contributed by atoms with E-state index in [1.807, 2.05) is 0 Å². The van der Waals surface area contributed by atoms with Gasteiger partial charge in [0.15, 0.2) is 0 Å². The first-order chi connectivity index (χ1) is 11.5. The Balaban J connectivity index is 2.17. The van der Waals surface area contributed by atoms with Crippen LogP contribution >= 0.6 is 31.9 Å². The predicted molar refractivity (Wildman–Crippen MR) is 91.3 cm³/mol. The fraction of sp³-hybridized carbons (Fsp3) is 0.143. The minimum absolute atomic E-state index is 0.0723. The van der Waals surface area contributed by atoms with Gasteiger partial charge >= 0.3 is 5.97 Å². The Labute approximate surface area is 152 Å². The summed E-state index contributed by atoms with van der Waals surface area (Å²) in [5.41, 5.74) is 1.04. The van der Waals surface area contributed by atoms with Crippen molar-refractivity contribution in [1.82, 2.24) is 20.1 Å². The molecule has 1 aliphatic heterocycles. The predicted octanol–water partition coefficient (Wildman–Crippen LogP) is 2.46. The molecule has 1 aromatic heterocycles. The summed E-state index contributed by atoms with van der Waals surface area (Å²) in [6.07, 6.45) is 2.79. The maximum atomic E-state index is 13.4. The Morgan fingerprint density at radius 1 is 1.46 bits per heavy atom. The van der Waals surface area contributed by atoms with Gasteiger partial charge in [-0.2, -0.15) is 9.78 Å². The van der Waals surface area contributed by atoms with Gasteiger partial charge in [-0.05, 0) is 17.7 Å². The quantitative estimate of drug-likeness (QED) is 0.689. The molecule has 0 bridgehead atoms. The van der Waals surface area contributed by atoms with Crippen molar-refractivity contribution in [2.75, 3.05) is 5.33 Å². The van der Waals surface area contributed by atoms with Crippen molar-refractivity contribution in [3.8, 4) is 0 Å². The van der Waals surface area contributed by atoms with E-state index in [4.69, 9.17) is 0 Å². The summed E-state index contributed by atoms with van der Waals surface area (Å²) < 4.78 is 15.2. The molecule has 1 aromatic carbocycles. The zero-order valence-corrected chi connectivity index (χ0v) is 15.1. The molecule has 0 aliphatic carbocycles. The minimum atomic E-state index is -1.11. The van der Waals surface area contributed by atoms with Crippen LogP contribution < -0.4 is 5.32 Å². The summed E-state index contributed by atoms with van der Waals surface area (Å²) >= 11 is 6.56. The Morgan fingerprint density at radius 2 is 2.25 bits per heavy atom. The van der Waals surface area contributed by atoms with Crippen LogP contribution in [0, 0.1) is 5.82 Å². The number of benzene rings is 1. The normalized spacial score (nSPS) is 17.5. The number of hydrogen-bond donors (Lipinski definition) is 2. The summed E-state index contributed by atoms with van der Waals surface area (Å²) in [4.78, 5) is 20.1. The number of alkyl halides is 1. The van der Waals surface area contributed by atoms with E-state index in [2.05, 4.69) is 52.3 Å². The molecule has 2 aromatic rings. The molecular weight excluding hydrogens is 449 g/mol. The van der Waals surface area contributed by atoms with Crippen molar-refractivity contribution >= 4 is 43.8 Å². The highest BCUT2D eigenvalue weighted by atomic mass is 79.9. The Hall–Kier alpha value is -2.07. The number of carboxylic acids is 1. The van der Waals surface area contributed by atoms with Crippen molar-refractivity contribution in [2.45, 2.75) is 6.04 Å². The van der Waals surface area contributed by atoms with E-state index in [0.29, 0.717) is 21.7 Å². The first kappa shape index (κ1) is 16.8. The van der Waals surface area contributed by atoms with Crippen LogP contribution in [0.5, 0.6) is 0 Å². The number of nitrogens with zero attached hydrogens (tertiary/aromatic N) is 4. The van der Waals surface area contributed by atoms with Gasteiger partial charge in [0.05, 0.1) is 5.57 Å². The Bertz CT molecular complexity index is 851. The molecule has 0 saturated carbocycles. The number of aliphatic imine (C=N–C) groups is 1. The summed E-state index contributed by atoms with van der Waals surface area (Å²) in [6.45, 7) is 0. The van der Waals surface area contributed by atoms with Gasteiger partial charge in [0, 0.05) is 15.5 Å². The fourth-order valence-corrected chi connectivity index (χ4v) is 3.33. The molecule has 3 rings (SSSR count). The van der Waals surface area contributed by atoms with Crippen molar-refractivity contribution in [3.63, 3.8) is 0 Å². The molecular formula is C14H10Br2FN5O2. The lowest BCUT2D eigenvalue weighted by molar-refractivity contribution is -0.133. The third kappa shape index (κ3) is 3.11. The van der Waals surface area contributed by atoms with Crippen LogP contribution in [0.3, 0.4) is 0 Å². The summed E-state index contributed by atoms with van der Waals surface area (Å²) in [7, 11) is 0. The number of aromatic nitrogens is 3. The van der Waals surface area contributed by atoms with Crippen molar-refractivity contribution < 1.29 is 14.3 Å². The standard InChI is InChI=1S/C14H10Br2FN5O2/c15-4-10-11(13(23)24)12(8-2-1-7(17)3-9(8)16)21-14(20-10)22-6-18-5-19-22/h1-3,5-6,12H,4H2,(H,20,21)(H,23,24). The monoisotopic (exact) mass is 457 g/mol. The molecule has 1 unspecified atom stereocenters. The van der Waals surface area contributed by atoms with E-state index in [-0.39, 0.29) is 10.9 Å². The number of hydrogen-bond acceptors (Lipinski definition) is 5. The van der Waals surface area contributed by atoms with E-state index >= 15 is 0 Å². The van der Waals surface area contributed by atoms with Gasteiger partial charge < -0.3 is 10.4 Å². The minimum Gasteiger partial charge on any atom is -0.478 e. The lowest BCUT2D eigenvalue weighted by Gasteiger charge is -2.26. The van der Waals surface area contributed by atoms with Crippen molar-refractivity contribution in [2.24, 2.45) is 4.99 Å². The Morgan fingerprint density at radius 3 is 2.83 bits per heavy atom. The number of nitrogens with one attached hydrogen (secondary N) is 1. The van der Waals surface area contributed by atoms with Gasteiger partial charge in [0.2, 0.25) is 5.96 Å². The van der Waals surface area contributed by atoms with Crippen molar-refractivity contribution in [3.05, 3.63) is 58.0 Å². The van der Waals surface area contributed by atoms with Crippen LogP contribution in [0.25, 0.3) is 0 Å². The lowest BCUT2D eigenvalue weighted by atomic mass is 9.96. The number of carbonyl (C=O) groups is 1. The van der Waals surface area contributed by atoms with Crippen LogP contribution in [0.1, 0.15) is 11.6 Å². The van der Waals surface area contributed by atoms with Gasteiger partial charge in [-0.1, -0.05) is 37.9 Å². The fourth-order valence-electron chi connectivity index (χ4n) is 2.32. The van der Waals surface area contributed by atoms with Gasteiger partial charge in [-0.15, -0.1) is 0 Å². The second-order valence-corrected chi connectivity index (χ2v) is 6.23. The third-order valence-corrected chi connectivity index (χ3v) is 4.62.